The summed E-state index contributed by atoms with van der Waals surface area (Å²) < 4.78 is 41.3. The summed E-state index contributed by atoms with van der Waals surface area (Å²) in [6.45, 7) is 6.53. The second-order valence-electron chi connectivity index (χ2n) is 9.54. The van der Waals surface area contributed by atoms with E-state index in [1.54, 1.807) is 0 Å². The Balaban J connectivity index is 1.42. The Labute approximate surface area is 203 Å². The van der Waals surface area contributed by atoms with E-state index in [1.165, 1.54) is 36.7 Å². The number of nitrogens with zero attached hydrogens (tertiary/aromatic N) is 2. The van der Waals surface area contributed by atoms with E-state index in [0.29, 0.717) is 23.2 Å². The van der Waals surface area contributed by atoms with Crippen LogP contribution in [0.3, 0.4) is 0 Å². The molecule has 0 spiro atoms. The van der Waals surface area contributed by atoms with Crippen molar-refractivity contribution in [2.24, 2.45) is 5.73 Å². The molecule has 2 aromatic carbocycles. The number of rotatable bonds is 5. The zero-order valence-electron chi connectivity index (χ0n) is 19.4. The highest BCUT2D eigenvalue weighted by atomic mass is 32.2. The zero-order valence-corrected chi connectivity index (χ0v) is 20.2. The third-order valence-corrected chi connectivity index (χ3v) is 8.25. The van der Waals surface area contributed by atoms with Crippen molar-refractivity contribution in [2.45, 2.75) is 60.7 Å². The summed E-state index contributed by atoms with van der Waals surface area (Å²) in [4.78, 5) is 6.26. The number of nitrogens with two attached hydrogens (primary N) is 1. The molecule has 3 heterocycles. The Kier molecular flexibility index (Phi) is 6.61. The van der Waals surface area contributed by atoms with Crippen molar-refractivity contribution >= 4 is 34.5 Å². The van der Waals surface area contributed by atoms with Crippen LogP contribution in [0.5, 0.6) is 0 Å². The van der Waals surface area contributed by atoms with Gasteiger partial charge in [0.2, 0.25) is 0 Å². The van der Waals surface area contributed by atoms with E-state index in [-0.39, 0.29) is 6.04 Å². The number of fused-ring (bicyclic) bond motifs is 2. The standard InChI is InChI=1S/C25H32F3N5S/c1-16-3-2-9-33(16)19-4-5-20-22(15-19)34-23-14-17(25(26,27)28)13-21(24(23)31-20)30-18-6-10-32(11-7-18)12-8-29/h4-5,13-16,18,30-31H,2-3,6-12,29H2,1H3. The van der Waals surface area contributed by atoms with Gasteiger partial charge < -0.3 is 26.2 Å². The van der Waals surface area contributed by atoms with Crippen LogP contribution >= 0.6 is 11.8 Å². The minimum atomic E-state index is -4.40. The largest absolute Gasteiger partial charge is 0.416 e. The number of halogens is 3. The minimum Gasteiger partial charge on any atom is -0.380 e. The Morgan fingerprint density at radius 2 is 1.88 bits per heavy atom. The van der Waals surface area contributed by atoms with Gasteiger partial charge in [-0.2, -0.15) is 13.2 Å². The van der Waals surface area contributed by atoms with Gasteiger partial charge in [0, 0.05) is 60.3 Å². The monoisotopic (exact) mass is 491 g/mol. The third-order valence-electron chi connectivity index (χ3n) is 7.15. The molecule has 0 bridgehead atoms. The molecule has 3 aliphatic rings. The van der Waals surface area contributed by atoms with E-state index in [1.807, 2.05) is 0 Å². The normalized spacial score (nSPS) is 21.2. The summed E-state index contributed by atoms with van der Waals surface area (Å²) in [5.74, 6) is 0. The number of piperidine rings is 1. The quantitative estimate of drug-likeness (QED) is 0.423. The van der Waals surface area contributed by atoms with Crippen molar-refractivity contribution < 1.29 is 13.2 Å². The highest BCUT2D eigenvalue weighted by Crippen LogP contribution is 2.50. The third kappa shape index (κ3) is 4.83. The van der Waals surface area contributed by atoms with Crippen LogP contribution in [-0.4, -0.2) is 49.7 Å². The van der Waals surface area contributed by atoms with Gasteiger partial charge in [-0.05, 0) is 62.9 Å². The second kappa shape index (κ2) is 9.51. The average molecular weight is 492 g/mol. The molecular formula is C25H32F3N5S. The number of alkyl halides is 3. The summed E-state index contributed by atoms with van der Waals surface area (Å²) in [5.41, 5.74) is 8.38. The molecule has 5 rings (SSSR count). The number of hydrogen-bond acceptors (Lipinski definition) is 6. The highest BCUT2D eigenvalue weighted by molar-refractivity contribution is 7.99. The minimum absolute atomic E-state index is 0.133. The molecule has 0 radical (unpaired) electrons. The fraction of sp³-hybridized carbons (Fsp3) is 0.520. The SMILES string of the molecule is CC1CCCN1c1ccc2c(c1)Sc1cc(C(F)(F)F)cc(NC3CCN(CCN)CC3)c1N2. The molecule has 9 heteroatoms. The molecule has 2 fully saturated rings. The summed E-state index contributed by atoms with van der Waals surface area (Å²) in [5, 5.41) is 6.87. The fourth-order valence-electron chi connectivity index (χ4n) is 5.25. The molecule has 3 aliphatic heterocycles. The van der Waals surface area contributed by atoms with Crippen LogP contribution in [0.25, 0.3) is 0 Å². The Hall–Kier alpha value is -2.10. The van der Waals surface area contributed by atoms with Crippen LogP contribution in [0.4, 0.5) is 35.9 Å². The topological polar surface area (TPSA) is 56.6 Å². The summed E-state index contributed by atoms with van der Waals surface area (Å²) in [6, 6.07) is 9.42. The lowest BCUT2D eigenvalue weighted by Crippen LogP contribution is -2.41. The van der Waals surface area contributed by atoms with E-state index < -0.39 is 11.7 Å². The molecule has 0 aromatic heterocycles. The fourth-order valence-corrected chi connectivity index (χ4v) is 6.35. The lowest BCUT2D eigenvalue weighted by Gasteiger charge is -2.34. The Morgan fingerprint density at radius 3 is 2.56 bits per heavy atom. The van der Waals surface area contributed by atoms with Crippen molar-refractivity contribution in [3.05, 3.63) is 35.9 Å². The van der Waals surface area contributed by atoms with Crippen LogP contribution in [0.1, 0.15) is 38.2 Å². The molecule has 0 aliphatic carbocycles. The molecule has 2 aromatic rings. The smallest absolute Gasteiger partial charge is 0.380 e. The number of hydrogen-bond donors (Lipinski definition) is 3. The van der Waals surface area contributed by atoms with Crippen molar-refractivity contribution in [1.29, 1.82) is 0 Å². The van der Waals surface area contributed by atoms with Crippen molar-refractivity contribution in [2.75, 3.05) is 48.3 Å². The summed E-state index contributed by atoms with van der Waals surface area (Å²) in [7, 11) is 0. The van der Waals surface area contributed by atoms with Gasteiger partial charge in [-0.15, -0.1) is 0 Å². The summed E-state index contributed by atoms with van der Waals surface area (Å²) in [6.07, 6.45) is -0.302. The van der Waals surface area contributed by atoms with Crippen molar-refractivity contribution in [1.82, 2.24) is 4.90 Å². The van der Waals surface area contributed by atoms with Crippen molar-refractivity contribution in [3.63, 3.8) is 0 Å². The van der Waals surface area contributed by atoms with Crippen LogP contribution in [0, 0.1) is 0 Å². The molecule has 34 heavy (non-hydrogen) atoms. The van der Waals surface area contributed by atoms with E-state index in [0.717, 1.165) is 61.0 Å². The van der Waals surface area contributed by atoms with Gasteiger partial charge >= 0.3 is 6.18 Å². The van der Waals surface area contributed by atoms with Crippen LogP contribution in [-0.2, 0) is 6.18 Å². The maximum Gasteiger partial charge on any atom is 0.416 e. The molecule has 1 atom stereocenters. The molecule has 4 N–H and O–H groups in total. The van der Waals surface area contributed by atoms with Gasteiger partial charge in [0.15, 0.2) is 0 Å². The van der Waals surface area contributed by atoms with Gasteiger partial charge in [-0.25, -0.2) is 0 Å². The first kappa shape index (κ1) is 23.6. The molecule has 184 valence electrons. The van der Waals surface area contributed by atoms with Crippen LogP contribution in [0.15, 0.2) is 40.1 Å². The van der Waals surface area contributed by atoms with Crippen LogP contribution in [0.2, 0.25) is 0 Å². The zero-order chi connectivity index (χ0) is 23.9. The van der Waals surface area contributed by atoms with E-state index >= 15 is 0 Å². The van der Waals surface area contributed by atoms with Gasteiger partial charge in [-0.1, -0.05) is 11.8 Å². The Bertz CT molecular complexity index is 1040. The van der Waals surface area contributed by atoms with E-state index in [2.05, 4.69) is 45.6 Å². The van der Waals surface area contributed by atoms with Crippen molar-refractivity contribution in [3.8, 4) is 0 Å². The van der Waals surface area contributed by atoms with Gasteiger partial charge in [0.25, 0.3) is 0 Å². The number of nitrogens with one attached hydrogen (secondary N) is 2. The lowest BCUT2D eigenvalue weighted by atomic mass is 10.0. The first-order valence-corrected chi connectivity index (χ1v) is 12.9. The van der Waals surface area contributed by atoms with Gasteiger partial charge in [-0.3, -0.25) is 0 Å². The average Bonchev–Trinajstić information content (AvgIpc) is 3.24. The number of anilines is 4. The number of likely N-dealkylation sites (tertiary alicyclic amines) is 1. The first-order chi connectivity index (χ1) is 16.3. The van der Waals surface area contributed by atoms with Gasteiger partial charge in [0.1, 0.15) is 0 Å². The Morgan fingerprint density at radius 1 is 1.09 bits per heavy atom. The molecule has 0 amide bonds. The lowest BCUT2D eigenvalue weighted by molar-refractivity contribution is -0.137. The molecule has 0 saturated carbocycles. The molecule has 2 saturated heterocycles. The molecule has 5 nitrogen and oxygen atoms in total. The van der Waals surface area contributed by atoms with E-state index in [4.69, 9.17) is 5.73 Å². The van der Waals surface area contributed by atoms with E-state index in [9.17, 15) is 13.2 Å². The molecule has 1 unspecified atom stereocenters. The predicted molar refractivity (Wildman–Crippen MR) is 133 cm³/mol. The first-order valence-electron chi connectivity index (χ1n) is 12.1. The van der Waals surface area contributed by atoms with Crippen LogP contribution < -0.4 is 21.3 Å². The summed E-state index contributed by atoms with van der Waals surface area (Å²) >= 11 is 1.42. The maximum atomic E-state index is 13.8. The highest BCUT2D eigenvalue weighted by Gasteiger charge is 2.34. The number of benzene rings is 2. The second-order valence-corrected chi connectivity index (χ2v) is 10.6. The maximum absolute atomic E-state index is 13.8. The predicted octanol–water partition coefficient (Wildman–Crippen LogP) is 5.74. The molecular weight excluding hydrogens is 459 g/mol. The van der Waals surface area contributed by atoms with Gasteiger partial charge in [0.05, 0.1) is 22.6 Å².